The van der Waals surface area contributed by atoms with E-state index in [2.05, 4.69) is 40.7 Å². The van der Waals surface area contributed by atoms with Crippen molar-refractivity contribution < 1.29 is 94.2 Å². The summed E-state index contributed by atoms with van der Waals surface area (Å²) in [4.78, 5) is 26.9. The van der Waals surface area contributed by atoms with Gasteiger partial charge in [0, 0.05) is 5.41 Å². The second kappa shape index (κ2) is 17.7. The van der Waals surface area contributed by atoms with Crippen molar-refractivity contribution in [3.8, 4) is 0 Å². The summed E-state index contributed by atoms with van der Waals surface area (Å²) in [5, 5.41) is 116. The number of esters is 1. The van der Waals surface area contributed by atoms with E-state index in [1.165, 1.54) is 5.57 Å². The van der Waals surface area contributed by atoms with Crippen LogP contribution in [-0.4, -0.2) is 180 Å². The molecule has 0 spiro atoms. The highest BCUT2D eigenvalue weighted by Gasteiger charge is 2.70. The molecule has 5 aliphatic carbocycles. The van der Waals surface area contributed by atoms with Crippen molar-refractivity contribution in [3.05, 3.63) is 11.6 Å². The zero-order valence-electron chi connectivity index (χ0n) is 38.8. The van der Waals surface area contributed by atoms with Gasteiger partial charge in [-0.15, -0.1) is 0 Å². The van der Waals surface area contributed by atoms with Crippen LogP contribution in [0, 0.1) is 50.2 Å². The molecule has 0 aromatic heterocycles. The number of rotatable bonds is 9. The van der Waals surface area contributed by atoms with Crippen LogP contribution in [0.15, 0.2) is 11.6 Å². The Labute approximate surface area is 385 Å². The minimum atomic E-state index is -1.97. The first-order valence-corrected chi connectivity index (χ1v) is 23.9. The highest BCUT2D eigenvalue weighted by Crippen LogP contribution is 2.76. The molecule has 19 heteroatoms. The first-order valence-electron chi connectivity index (χ1n) is 23.9. The van der Waals surface area contributed by atoms with Crippen molar-refractivity contribution in [1.82, 2.24) is 0 Å². The summed E-state index contributed by atoms with van der Waals surface area (Å²) in [6.45, 7) is 12.0. The van der Waals surface area contributed by atoms with Gasteiger partial charge < -0.3 is 84.6 Å². The molecule has 19 nitrogen and oxygen atoms in total. The first kappa shape index (κ1) is 50.5. The second-order valence-electron chi connectivity index (χ2n) is 22.9. The van der Waals surface area contributed by atoms with Gasteiger partial charge in [-0.25, -0.2) is 4.79 Å². The summed E-state index contributed by atoms with van der Waals surface area (Å²) in [6.07, 6.45) is -15.3. The number of ether oxygens (including phenoxy) is 6. The van der Waals surface area contributed by atoms with Crippen LogP contribution in [0.2, 0.25) is 0 Å². The van der Waals surface area contributed by atoms with Crippen molar-refractivity contribution in [2.45, 2.75) is 198 Å². The molecule has 23 atom stereocenters. The van der Waals surface area contributed by atoms with E-state index in [-0.39, 0.29) is 46.0 Å². The number of aliphatic hydroxyl groups is 10. The van der Waals surface area contributed by atoms with Crippen LogP contribution in [0.25, 0.3) is 0 Å². The summed E-state index contributed by atoms with van der Waals surface area (Å²) < 4.78 is 35.4. The molecular weight excluding hydrogens is 868 g/mol. The summed E-state index contributed by atoms with van der Waals surface area (Å²) in [7, 11) is 0. The van der Waals surface area contributed by atoms with E-state index in [9.17, 15) is 65.8 Å². The van der Waals surface area contributed by atoms with Crippen LogP contribution in [0.1, 0.15) is 106 Å². The lowest BCUT2D eigenvalue weighted by atomic mass is 9.33. The fourth-order valence-electron chi connectivity index (χ4n) is 14.7. The van der Waals surface area contributed by atoms with E-state index < -0.39 is 128 Å². The summed E-state index contributed by atoms with van der Waals surface area (Å²) in [5.74, 6) is -2.29. The highest BCUT2D eigenvalue weighted by molar-refractivity contribution is 5.79. The zero-order chi connectivity index (χ0) is 48.3. The standard InChI is InChI=1S/C47H74O19/c1-42(2)13-15-47(41(60)66-39-34(57)30(53)29(52)24(18-48)62-39)16-14-45(5)21(22(47)17-42)7-8-26-43(3)11-10-27(44(4,20-49)25(43)9-12-46(26,45)6)63-40-36(32(55)31(54)35(64-40)37(58)59)65-38-33(56)28(51)23(50)19-61-38/h7,22-36,38-40,48-57H,8-20H2,1-6H3,(H,58,59). The summed E-state index contributed by atoms with van der Waals surface area (Å²) in [6, 6.07) is 0. The van der Waals surface area contributed by atoms with Gasteiger partial charge in [-0.05, 0) is 104 Å². The van der Waals surface area contributed by atoms with Crippen molar-refractivity contribution >= 4 is 11.9 Å². The Balaban J connectivity index is 1.06. The van der Waals surface area contributed by atoms with Crippen LogP contribution in [-0.2, 0) is 38.0 Å². The van der Waals surface area contributed by atoms with Crippen LogP contribution < -0.4 is 0 Å². The van der Waals surface area contributed by atoms with Crippen molar-refractivity contribution in [3.63, 3.8) is 0 Å². The topological polar surface area (TPSA) is 312 Å². The van der Waals surface area contributed by atoms with Gasteiger partial charge in [0.1, 0.15) is 61.0 Å². The molecule has 66 heavy (non-hydrogen) atoms. The van der Waals surface area contributed by atoms with Gasteiger partial charge in [0.15, 0.2) is 18.7 Å². The lowest BCUT2D eigenvalue weighted by Crippen LogP contribution is -2.67. The summed E-state index contributed by atoms with van der Waals surface area (Å²) in [5.41, 5.74) is -1.72. The van der Waals surface area contributed by atoms with E-state index in [1.54, 1.807) is 0 Å². The number of hydrogen-bond donors (Lipinski definition) is 11. The highest BCUT2D eigenvalue weighted by atomic mass is 16.8. The third-order valence-corrected chi connectivity index (χ3v) is 19.0. The van der Waals surface area contributed by atoms with Crippen LogP contribution >= 0.6 is 0 Å². The smallest absolute Gasteiger partial charge is 0.335 e. The Hall–Kier alpha value is -1.92. The maximum atomic E-state index is 14.7. The molecule has 0 aromatic carbocycles. The predicted octanol–water partition coefficient (Wildman–Crippen LogP) is -0.156. The zero-order valence-corrected chi connectivity index (χ0v) is 38.8. The third-order valence-electron chi connectivity index (χ3n) is 19.0. The predicted molar refractivity (Wildman–Crippen MR) is 226 cm³/mol. The molecule has 7 fully saturated rings. The average Bonchev–Trinajstić information content (AvgIpc) is 3.26. The molecule has 0 amide bonds. The fraction of sp³-hybridized carbons (Fsp3) is 0.915. The van der Waals surface area contributed by atoms with E-state index in [1.807, 2.05) is 6.92 Å². The van der Waals surface area contributed by atoms with Crippen molar-refractivity contribution in [2.75, 3.05) is 19.8 Å². The molecular formula is C47H74O19. The summed E-state index contributed by atoms with van der Waals surface area (Å²) >= 11 is 0. The molecule has 0 radical (unpaired) electrons. The van der Waals surface area contributed by atoms with Crippen LogP contribution in [0.4, 0.5) is 0 Å². The Bertz CT molecular complexity index is 1850. The van der Waals surface area contributed by atoms with Crippen molar-refractivity contribution in [1.29, 1.82) is 0 Å². The molecule has 8 rings (SSSR count). The van der Waals surface area contributed by atoms with Crippen LogP contribution in [0.3, 0.4) is 0 Å². The largest absolute Gasteiger partial charge is 0.479 e. The number of fused-ring (bicyclic) bond motifs is 7. The number of carboxylic acid groups (broad SMARTS) is 1. The van der Waals surface area contributed by atoms with Gasteiger partial charge in [0.25, 0.3) is 0 Å². The van der Waals surface area contributed by atoms with E-state index in [0.29, 0.717) is 44.9 Å². The average molecular weight is 943 g/mol. The number of carbonyl (C=O) groups is 2. The lowest BCUT2D eigenvalue weighted by molar-refractivity contribution is -0.367. The Morgan fingerprint density at radius 1 is 0.712 bits per heavy atom. The van der Waals surface area contributed by atoms with Crippen molar-refractivity contribution in [2.24, 2.45) is 50.2 Å². The molecule has 11 N–H and O–H groups in total. The number of carbonyl (C=O) groups excluding carboxylic acids is 1. The van der Waals surface area contributed by atoms with Crippen LogP contribution in [0.5, 0.6) is 0 Å². The molecule has 3 aliphatic heterocycles. The van der Waals surface area contributed by atoms with Gasteiger partial charge in [-0.3, -0.25) is 4.79 Å². The van der Waals surface area contributed by atoms with Gasteiger partial charge in [0.05, 0.1) is 31.3 Å². The minimum absolute atomic E-state index is 0.100. The number of aliphatic carboxylic acids is 1. The monoisotopic (exact) mass is 942 g/mol. The molecule has 3 heterocycles. The molecule has 376 valence electrons. The number of aliphatic hydroxyl groups excluding tert-OH is 10. The number of hydrogen-bond acceptors (Lipinski definition) is 18. The maximum absolute atomic E-state index is 14.7. The van der Waals surface area contributed by atoms with Gasteiger partial charge in [-0.2, -0.15) is 0 Å². The second-order valence-corrected chi connectivity index (χ2v) is 22.9. The molecule has 23 unspecified atom stereocenters. The van der Waals surface area contributed by atoms with E-state index in [4.69, 9.17) is 28.4 Å². The van der Waals surface area contributed by atoms with Gasteiger partial charge in [0.2, 0.25) is 6.29 Å². The Kier molecular flexibility index (Phi) is 13.6. The third kappa shape index (κ3) is 7.73. The van der Waals surface area contributed by atoms with Gasteiger partial charge >= 0.3 is 11.9 Å². The fourth-order valence-corrected chi connectivity index (χ4v) is 14.7. The normalized spacial score (nSPS) is 53.5. The van der Waals surface area contributed by atoms with E-state index in [0.717, 1.165) is 19.3 Å². The maximum Gasteiger partial charge on any atom is 0.335 e. The number of carboxylic acids is 1. The lowest BCUT2D eigenvalue weighted by Gasteiger charge is -2.71. The molecule has 0 bridgehead atoms. The molecule has 3 saturated heterocycles. The molecule has 4 saturated carbocycles. The van der Waals surface area contributed by atoms with Gasteiger partial charge in [-0.1, -0.05) is 53.2 Å². The quantitative estimate of drug-likeness (QED) is 0.0813. The Morgan fingerprint density at radius 2 is 1.39 bits per heavy atom. The molecule has 8 aliphatic rings. The number of allylic oxidation sites excluding steroid dienone is 2. The minimum Gasteiger partial charge on any atom is -0.479 e. The first-order chi connectivity index (χ1) is 30.8. The molecule has 0 aromatic rings. The van der Waals surface area contributed by atoms with E-state index >= 15 is 0 Å². The Morgan fingerprint density at radius 3 is 2.06 bits per heavy atom. The SMILES string of the molecule is CC1(C)CCC2(C(=O)OC3OC(CO)C(O)C(O)C3O)CCC3(C)C(=CCC4C5(C)CCC(OC6OC(C(=O)O)C(O)C(O)C6OC6OCC(O)C(O)C6O)C(C)(CO)C5CCC43C)C2C1.